The molecule has 0 atom stereocenters. The molecule has 1 aromatic carbocycles. The Morgan fingerprint density at radius 3 is 2.41 bits per heavy atom. The Bertz CT molecular complexity index is 1770. The molecular weight excluding hydrogens is 570 g/mol. The maximum Gasteiger partial charge on any atom is 0.253 e. The van der Waals surface area contributed by atoms with E-state index in [1.165, 1.54) is 42.3 Å². The van der Waals surface area contributed by atoms with E-state index in [-0.39, 0.29) is 5.56 Å². The van der Waals surface area contributed by atoms with E-state index in [1.54, 1.807) is 0 Å². The van der Waals surface area contributed by atoms with Crippen molar-refractivity contribution in [3.05, 3.63) is 87.7 Å². The van der Waals surface area contributed by atoms with E-state index in [2.05, 4.69) is 89.5 Å². The minimum absolute atomic E-state index is 0.0528. The van der Waals surface area contributed by atoms with Gasteiger partial charge in [0.05, 0.1) is 5.69 Å². The molecular formula is C38H49N7O. The number of pyridine rings is 3. The number of H-pyrrole nitrogens is 1. The van der Waals surface area contributed by atoms with Gasteiger partial charge in [-0.25, -0.2) is 4.98 Å². The van der Waals surface area contributed by atoms with Crippen LogP contribution in [0, 0.1) is 13.8 Å². The fourth-order valence-electron chi connectivity index (χ4n) is 7.35. The number of fused-ring (bicyclic) bond motifs is 1. The summed E-state index contributed by atoms with van der Waals surface area (Å²) in [6.45, 7) is 9.54. The van der Waals surface area contributed by atoms with Crippen LogP contribution < -0.4 is 15.8 Å². The van der Waals surface area contributed by atoms with E-state index in [1.807, 2.05) is 32.3 Å². The molecule has 0 radical (unpaired) electrons. The number of anilines is 2. The van der Waals surface area contributed by atoms with Gasteiger partial charge in [-0.1, -0.05) is 12.1 Å². The van der Waals surface area contributed by atoms with E-state index in [0.717, 1.165) is 70.9 Å². The summed E-state index contributed by atoms with van der Waals surface area (Å²) >= 11 is 0. The summed E-state index contributed by atoms with van der Waals surface area (Å²) in [7, 11) is 6.57. The fraction of sp³-hybridized carbons (Fsp3) is 0.447. The van der Waals surface area contributed by atoms with Crippen LogP contribution in [0.4, 0.5) is 11.5 Å². The molecule has 3 aromatic heterocycles. The van der Waals surface area contributed by atoms with Gasteiger partial charge in [0.2, 0.25) is 0 Å². The summed E-state index contributed by atoms with van der Waals surface area (Å²) in [5.74, 6) is 0.786. The lowest BCUT2D eigenvalue weighted by molar-refractivity contribution is 0.214. The Morgan fingerprint density at radius 2 is 1.76 bits per heavy atom. The van der Waals surface area contributed by atoms with E-state index < -0.39 is 0 Å². The predicted molar refractivity (Wildman–Crippen MR) is 192 cm³/mol. The Morgan fingerprint density at radius 1 is 0.978 bits per heavy atom. The molecule has 0 amide bonds. The van der Waals surface area contributed by atoms with Gasteiger partial charge in [0, 0.05) is 83.9 Å². The molecule has 2 N–H and O–H groups in total. The lowest BCUT2D eigenvalue weighted by atomic mass is 9.88. The van der Waals surface area contributed by atoms with Crippen LogP contribution in [0.1, 0.15) is 61.5 Å². The van der Waals surface area contributed by atoms with Gasteiger partial charge in [-0.05, 0) is 121 Å². The number of nitrogens with one attached hydrogen (secondary N) is 2. The Balaban J connectivity index is 1.40. The molecule has 1 aliphatic heterocycles. The third kappa shape index (κ3) is 6.74. The van der Waals surface area contributed by atoms with Crippen LogP contribution in [-0.2, 0) is 6.54 Å². The second-order valence-corrected chi connectivity index (χ2v) is 13.4. The number of aromatic nitrogens is 3. The van der Waals surface area contributed by atoms with Crippen molar-refractivity contribution < 1.29 is 0 Å². The zero-order valence-corrected chi connectivity index (χ0v) is 28.4. The van der Waals surface area contributed by atoms with Gasteiger partial charge in [0.1, 0.15) is 5.82 Å². The molecule has 0 spiro atoms. The van der Waals surface area contributed by atoms with Gasteiger partial charge < -0.3 is 25.0 Å². The summed E-state index contributed by atoms with van der Waals surface area (Å²) in [4.78, 5) is 32.9. The van der Waals surface area contributed by atoms with Crippen molar-refractivity contribution in [1.29, 1.82) is 0 Å². The van der Waals surface area contributed by atoms with Gasteiger partial charge in [-0.15, -0.1) is 0 Å². The van der Waals surface area contributed by atoms with Crippen LogP contribution >= 0.6 is 0 Å². The summed E-state index contributed by atoms with van der Waals surface area (Å²) < 4.78 is 0. The van der Waals surface area contributed by atoms with E-state index in [0.29, 0.717) is 18.6 Å². The minimum atomic E-state index is -0.0528. The number of aryl methyl sites for hydroxylation is 2. The van der Waals surface area contributed by atoms with Gasteiger partial charge in [0.25, 0.3) is 5.56 Å². The maximum absolute atomic E-state index is 12.8. The Kier molecular flexibility index (Phi) is 9.57. The quantitative estimate of drug-likeness (QED) is 0.218. The third-order valence-electron chi connectivity index (χ3n) is 10.1. The number of aromatic amines is 1. The summed E-state index contributed by atoms with van der Waals surface area (Å²) in [6.07, 6.45) is 12.0. The summed E-state index contributed by atoms with van der Waals surface area (Å²) in [5, 5.41) is 5.77. The number of nitrogens with zero attached hydrogens (tertiary/aromatic N) is 5. The standard InChI is InChI=1S/C38H49N7O/c1-7-45(31-11-9-30(10-12-31)43(4)5)36-22-29(28-8-13-35(40-23-28)27-15-18-44(6)19-16-27)21-33-32(36)14-17-39-37(33)41-24-34-25(2)20-26(3)42-38(34)46/h8,13-15,17,20-23,30-31H,7,9-12,16,18-19,24H2,1-6H3,(H,39,41)(H,42,46). The molecule has 46 heavy (non-hydrogen) atoms. The zero-order chi connectivity index (χ0) is 32.4. The molecule has 1 saturated carbocycles. The lowest BCUT2D eigenvalue weighted by Gasteiger charge is -2.40. The van der Waals surface area contributed by atoms with Crippen molar-refractivity contribution >= 4 is 27.9 Å². The van der Waals surface area contributed by atoms with Gasteiger partial charge in [-0.2, -0.15) is 0 Å². The number of rotatable bonds is 9. The summed E-state index contributed by atoms with van der Waals surface area (Å²) in [6, 6.07) is 14.3. The van der Waals surface area contributed by atoms with Crippen molar-refractivity contribution in [2.45, 2.75) is 71.5 Å². The highest BCUT2D eigenvalue weighted by Gasteiger charge is 2.28. The first-order valence-electron chi connectivity index (χ1n) is 16.8. The van der Waals surface area contributed by atoms with Crippen molar-refractivity contribution in [2.24, 2.45) is 0 Å². The van der Waals surface area contributed by atoms with E-state index in [9.17, 15) is 4.79 Å². The largest absolute Gasteiger partial charge is 0.368 e. The van der Waals surface area contributed by atoms with Crippen molar-refractivity contribution in [3.63, 3.8) is 0 Å². The monoisotopic (exact) mass is 619 g/mol. The molecule has 4 heterocycles. The molecule has 8 heteroatoms. The van der Waals surface area contributed by atoms with Crippen LogP contribution in [0.15, 0.2) is 59.7 Å². The predicted octanol–water partition coefficient (Wildman–Crippen LogP) is 6.63. The van der Waals surface area contributed by atoms with Gasteiger partial charge in [-0.3, -0.25) is 9.78 Å². The van der Waals surface area contributed by atoms with Crippen LogP contribution in [0.3, 0.4) is 0 Å². The van der Waals surface area contributed by atoms with Gasteiger partial charge >= 0.3 is 0 Å². The lowest BCUT2D eigenvalue weighted by Crippen LogP contribution is -2.42. The molecule has 1 aliphatic carbocycles. The number of benzene rings is 1. The maximum atomic E-state index is 12.8. The molecule has 0 unspecified atom stereocenters. The molecule has 2 aliphatic rings. The number of hydrogen-bond acceptors (Lipinski definition) is 7. The fourth-order valence-corrected chi connectivity index (χ4v) is 7.35. The topological polar surface area (TPSA) is 80.4 Å². The Labute approximate surface area is 273 Å². The normalized spacial score (nSPS) is 19.0. The Hall–Kier alpha value is -4.01. The minimum Gasteiger partial charge on any atom is -0.368 e. The van der Waals surface area contributed by atoms with E-state index >= 15 is 0 Å². The number of likely N-dealkylation sites (N-methyl/N-ethyl adjacent to an activating group) is 1. The molecule has 4 aromatic rings. The van der Waals surface area contributed by atoms with Crippen LogP contribution in [0.5, 0.6) is 0 Å². The third-order valence-corrected chi connectivity index (χ3v) is 10.1. The molecule has 6 rings (SSSR count). The second kappa shape index (κ2) is 13.8. The SMILES string of the molecule is CCN(c1cc(-c2ccc(C3=CCN(C)CC3)nc2)cc2c(NCc3c(C)cc(C)[nH]c3=O)nccc12)C1CCC(N(C)C)CC1. The highest BCUT2D eigenvalue weighted by Crippen LogP contribution is 2.39. The average Bonchev–Trinajstić information content (AvgIpc) is 3.05. The number of hydrogen-bond donors (Lipinski definition) is 2. The van der Waals surface area contributed by atoms with Crippen molar-refractivity contribution in [2.75, 3.05) is 51.0 Å². The van der Waals surface area contributed by atoms with Crippen LogP contribution in [0.2, 0.25) is 0 Å². The highest BCUT2D eigenvalue weighted by molar-refractivity contribution is 6.03. The first-order valence-corrected chi connectivity index (χ1v) is 16.8. The summed E-state index contributed by atoms with van der Waals surface area (Å²) in [5.41, 5.74) is 8.37. The first-order chi connectivity index (χ1) is 22.2. The first kappa shape index (κ1) is 32.0. The van der Waals surface area contributed by atoms with Crippen molar-refractivity contribution in [3.8, 4) is 11.1 Å². The second-order valence-electron chi connectivity index (χ2n) is 13.4. The smallest absolute Gasteiger partial charge is 0.253 e. The van der Waals surface area contributed by atoms with Crippen LogP contribution in [0.25, 0.3) is 27.5 Å². The highest BCUT2D eigenvalue weighted by atomic mass is 16.1. The van der Waals surface area contributed by atoms with Gasteiger partial charge in [0.15, 0.2) is 0 Å². The van der Waals surface area contributed by atoms with Crippen molar-refractivity contribution in [1.82, 2.24) is 24.8 Å². The molecule has 242 valence electrons. The molecule has 0 bridgehead atoms. The molecule has 0 saturated heterocycles. The molecule has 1 fully saturated rings. The molecule has 8 nitrogen and oxygen atoms in total. The zero-order valence-electron chi connectivity index (χ0n) is 28.4. The van der Waals surface area contributed by atoms with E-state index in [4.69, 9.17) is 9.97 Å². The van der Waals surface area contributed by atoms with Crippen LogP contribution in [-0.4, -0.2) is 77.6 Å². The average molecular weight is 620 g/mol.